The van der Waals surface area contributed by atoms with Gasteiger partial charge in [0.25, 0.3) is 0 Å². The van der Waals surface area contributed by atoms with E-state index in [1.807, 2.05) is 42.5 Å². The summed E-state index contributed by atoms with van der Waals surface area (Å²) in [7, 11) is 0. The van der Waals surface area contributed by atoms with Crippen molar-refractivity contribution < 1.29 is 9.84 Å². The lowest BCUT2D eigenvalue weighted by Gasteiger charge is -2.30. The van der Waals surface area contributed by atoms with Gasteiger partial charge in [0.1, 0.15) is 11.6 Å². The second kappa shape index (κ2) is 11.7. The summed E-state index contributed by atoms with van der Waals surface area (Å²) >= 11 is 0. The third-order valence-corrected chi connectivity index (χ3v) is 6.39. The number of benzene rings is 1. The Balaban J connectivity index is 1.15. The topological polar surface area (TPSA) is 112 Å². The highest BCUT2D eigenvalue weighted by atomic mass is 16.5. The Morgan fingerprint density at radius 1 is 1.06 bits per heavy atom. The second-order valence-corrected chi connectivity index (χ2v) is 8.98. The third-order valence-electron chi connectivity index (χ3n) is 6.39. The molecule has 9 heteroatoms. The molecule has 0 amide bonds. The minimum atomic E-state index is 0.312. The van der Waals surface area contributed by atoms with E-state index in [2.05, 4.69) is 35.1 Å². The SMILES string of the molecule is OCC1CCN(CCCOc2cccc(Nc3nccc(-c4cnc(-c5cccnc5)[nH]4)n3)c2)CC1. The Hall–Kier alpha value is -3.82. The zero-order chi connectivity index (χ0) is 24.6. The van der Waals surface area contributed by atoms with Crippen LogP contribution >= 0.6 is 0 Å². The Morgan fingerprint density at radius 2 is 1.97 bits per heavy atom. The predicted molar refractivity (Wildman–Crippen MR) is 139 cm³/mol. The molecule has 9 nitrogen and oxygen atoms in total. The van der Waals surface area contributed by atoms with Crippen molar-refractivity contribution in [2.75, 3.05) is 38.2 Å². The van der Waals surface area contributed by atoms with Crippen molar-refractivity contribution in [2.24, 2.45) is 5.92 Å². The van der Waals surface area contributed by atoms with Crippen molar-refractivity contribution in [1.82, 2.24) is 29.8 Å². The number of pyridine rings is 1. The number of anilines is 2. The highest BCUT2D eigenvalue weighted by molar-refractivity contribution is 5.63. The largest absolute Gasteiger partial charge is 0.493 e. The van der Waals surface area contributed by atoms with Gasteiger partial charge in [-0.2, -0.15) is 0 Å². The maximum absolute atomic E-state index is 9.28. The molecule has 0 atom stereocenters. The lowest BCUT2D eigenvalue weighted by molar-refractivity contribution is 0.126. The van der Waals surface area contributed by atoms with Crippen molar-refractivity contribution >= 4 is 11.6 Å². The number of ether oxygens (including phenoxy) is 1. The van der Waals surface area contributed by atoms with Crippen LogP contribution in [0.4, 0.5) is 11.6 Å². The van der Waals surface area contributed by atoms with Crippen LogP contribution in [0.1, 0.15) is 19.3 Å². The maximum atomic E-state index is 9.28. The van der Waals surface area contributed by atoms with E-state index < -0.39 is 0 Å². The van der Waals surface area contributed by atoms with Gasteiger partial charge in [-0.25, -0.2) is 15.0 Å². The van der Waals surface area contributed by atoms with Gasteiger partial charge in [0.15, 0.2) is 0 Å². The van der Waals surface area contributed by atoms with E-state index in [0.29, 0.717) is 25.1 Å². The molecule has 1 aromatic carbocycles. The normalized spacial score (nSPS) is 14.6. The molecule has 1 saturated heterocycles. The molecule has 0 radical (unpaired) electrons. The number of imidazole rings is 1. The standard InChI is InChI=1S/C27H31N7O2/c35-19-20-8-13-34(14-9-20)12-3-15-36-23-6-1-5-22(16-23)31-27-29-11-7-24(33-27)25-18-30-26(32-25)21-4-2-10-28-17-21/h1-2,4-7,10-11,16-18,20,35H,3,8-9,12-15,19H2,(H,30,32)(H,29,31,33). The number of hydrogen-bond donors (Lipinski definition) is 3. The molecule has 0 unspecified atom stereocenters. The first-order valence-electron chi connectivity index (χ1n) is 12.4. The number of likely N-dealkylation sites (tertiary alicyclic amines) is 1. The first-order valence-corrected chi connectivity index (χ1v) is 12.4. The Labute approximate surface area is 210 Å². The molecule has 3 aromatic heterocycles. The predicted octanol–water partition coefficient (Wildman–Crippen LogP) is 4.15. The van der Waals surface area contributed by atoms with Gasteiger partial charge in [0, 0.05) is 49.1 Å². The van der Waals surface area contributed by atoms with E-state index in [1.165, 1.54) is 0 Å². The fourth-order valence-electron chi connectivity index (χ4n) is 4.33. The number of nitrogens with zero attached hydrogens (tertiary/aromatic N) is 5. The summed E-state index contributed by atoms with van der Waals surface area (Å²) in [5.41, 5.74) is 3.32. The van der Waals surface area contributed by atoms with Crippen molar-refractivity contribution in [1.29, 1.82) is 0 Å². The molecule has 0 saturated carbocycles. The number of H-pyrrole nitrogens is 1. The molecule has 186 valence electrons. The molecule has 0 spiro atoms. The summed E-state index contributed by atoms with van der Waals surface area (Å²) in [6.07, 6.45) is 10.1. The Kier molecular flexibility index (Phi) is 7.80. The van der Waals surface area contributed by atoms with Crippen LogP contribution in [0.15, 0.2) is 67.3 Å². The summed E-state index contributed by atoms with van der Waals surface area (Å²) in [6, 6.07) is 13.5. The maximum Gasteiger partial charge on any atom is 0.227 e. The van der Waals surface area contributed by atoms with Gasteiger partial charge >= 0.3 is 0 Å². The minimum absolute atomic E-state index is 0.312. The van der Waals surface area contributed by atoms with Gasteiger partial charge in [-0.1, -0.05) is 6.07 Å². The van der Waals surface area contributed by atoms with Crippen LogP contribution in [-0.4, -0.2) is 67.8 Å². The number of nitrogens with one attached hydrogen (secondary N) is 2. The highest BCUT2D eigenvalue weighted by Crippen LogP contribution is 2.23. The zero-order valence-corrected chi connectivity index (χ0v) is 20.2. The lowest BCUT2D eigenvalue weighted by atomic mass is 9.98. The number of aromatic nitrogens is 5. The van der Waals surface area contributed by atoms with Gasteiger partial charge < -0.3 is 25.0 Å². The first-order chi connectivity index (χ1) is 17.8. The molecule has 3 N–H and O–H groups in total. The molecule has 4 aromatic rings. The summed E-state index contributed by atoms with van der Waals surface area (Å²) in [4.78, 5) is 23.4. The highest BCUT2D eigenvalue weighted by Gasteiger charge is 2.17. The van der Waals surface area contributed by atoms with E-state index in [-0.39, 0.29) is 0 Å². The average Bonchev–Trinajstić information content (AvgIpc) is 3.43. The van der Waals surface area contributed by atoms with Gasteiger partial charge in [0.2, 0.25) is 5.95 Å². The molecule has 1 aliphatic heterocycles. The van der Waals surface area contributed by atoms with Crippen LogP contribution in [0.3, 0.4) is 0 Å². The zero-order valence-electron chi connectivity index (χ0n) is 20.2. The van der Waals surface area contributed by atoms with E-state index in [0.717, 1.165) is 73.1 Å². The number of aliphatic hydroxyl groups excluding tert-OH is 1. The quantitative estimate of drug-likeness (QED) is 0.287. The number of hydrogen-bond acceptors (Lipinski definition) is 8. The van der Waals surface area contributed by atoms with Crippen LogP contribution in [-0.2, 0) is 0 Å². The van der Waals surface area contributed by atoms with E-state index in [9.17, 15) is 5.11 Å². The molecular formula is C27H31N7O2. The van der Waals surface area contributed by atoms with Gasteiger partial charge in [-0.15, -0.1) is 0 Å². The number of piperidine rings is 1. The van der Waals surface area contributed by atoms with Crippen molar-refractivity contribution in [3.8, 4) is 28.5 Å². The van der Waals surface area contributed by atoms with Crippen LogP contribution in [0, 0.1) is 5.92 Å². The van der Waals surface area contributed by atoms with Crippen LogP contribution in [0.2, 0.25) is 0 Å². The monoisotopic (exact) mass is 485 g/mol. The molecular weight excluding hydrogens is 454 g/mol. The Morgan fingerprint density at radius 3 is 2.81 bits per heavy atom. The third kappa shape index (κ3) is 6.24. The lowest BCUT2D eigenvalue weighted by Crippen LogP contribution is -2.35. The van der Waals surface area contributed by atoms with Crippen LogP contribution in [0.25, 0.3) is 22.8 Å². The molecule has 36 heavy (non-hydrogen) atoms. The summed E-state index contributed by atoms with van der Waals surface area (Å²) in [5, 5.41) is 12.6. The van der Waals surface area contributed by atoms with Crippen LogP contribution < -0.4 is 10.1 Å². The summed E-state index contributed by atoms with van der Waals surface area (Å²) in [5.74, 6) is 2.52. The van der Waals surface area contributed by atoms with Crippen molar-refractivity contribution in [3.63, 3.8) is 0 Å². The summed E-state index contributed by atoms with van der Waals surface area (Å²) < 4.78 is 5.99. The number of rotatable bonds is 10. The van der Waals surface area contributed by atoms with Gasteiger partial charge in [0.05, 0.1) is 24.2 Å². The molecule has 1 aliphatic rings. The fraction of sp³-hybridized carbons (Fsp3) is 0.333. The number of aliphatic hydroxyl groups is 1. The minimum Gasteiger partial charge on any atom is -0.493 e. The molecule has 4 heterocycles. The van der Waals surface area contributed by atoms with Gasteiger partial charge in [-0.05, 0) is 68.6 Å². The molecule has 5 rings (SSSR count). The molecule has 0 bridgehead atoms. The summed E-state index contributed by atoms with van der Waals surface area (Å²) in [6.45, 7) is 4.12. The van der Waals surface area contributed by atoms with Gasteiger partial charge in [-0.3, -0.25) is 4.98 Å². The molecule has 1 fully saturated rings. The van der Waals surface area contributed by atoms with E-state index >= 15 is 0 Å². The van der Waals surface area contributed by atoms with Crippen molar-refractivity contribution in [3.05, 3.63) is 67.3 Å². The molecule has 0 aliphatic carbocycles. The fourth-order valence-corrected chi connectivity index (χ4v) is 4.33. The second-order valence-electron chi connectivity index (χ2n) is 8.98. The first kappa shape index (κ1) is 23.9. The van der Waals surface area contributed by atoms with Crippen LogP contribution in [0.5, 0.6) is 5.75 Å². The van der Waals surface area contributed by atoms with E-state index in [4.69, 9.17) is 4.74 Å². The smallest absolute Gasteiger partial charge is 0.227 e. The van der Waals surface area contributed by atoms with E-state index in [1.54, 1.807) is 24.8 Å². The Bertz CT molecular complexity index is 1240. The van der Waals surface area contributed by atoms with Crippen molar-refractivity contribution in [2.45, 2.75) is 19.3 Å². The number of aromatic amines is 1. The average molecular weight is 486 g/mol.